The van der Waals surface area contributed by atoms with Crippen molar-refractivity contribution >= 4 is 23.6 Å². The monoisotopic (exact) mass is 551 g/mol. The van der Waals surface area contributed by atoms with Crippen LogP contribution in [-0.2, 0) is 20.8 Å². The van der Waals surface area contributed by atoms with Gasteiger partial charge >= 0.3 is 0 Å². The third kappa shape index (κ3) is 7.72. The molecular formula is C29H37N5O6. The Kier molecular flexibility index (Phi) is 9.60. The lowest BCUT2D eigenvalue weighted by molar-refractivity contribution is -0.136. The van der Waals surface area contributed by atoms with Crippen molar-refractivity contribution in [3.8, 4) is 11.5 Å². The van der Waals surface area contributed by atoms with Gasteiger partial charge in [-0.3, -0.25) is 19.2 Å². The van der Waals surface area contributed by atoms with Crippen LogP contribution < -0.4 is 20.7 Å². The van der Waals surface area contributed by atoms with Gasteiger partial charge in [-0.15, -0.1) is 0 Å². The Morgan fingerprint density at radius 3 is 2.50 bits per heavy atom. The van der Waals surface area contributed by atoms with Crippen molar-refractivity contribution in [3.05, 3.63) is 59.7 Å². The molecule has 0 aliphatic carbocycles. The molecule has 2 heterocycles. The number of hydrogen-bond acceptors (Lipinski definition) is 7. The SMILES string of the molecule is C[C@@H]1COc2ccccc2C(=O)N[C@H](C(=O)N2CCCN(C)CC2)CC(=O)N[C@@H](Cc2ccc(O)cc2)C(=O)N1. The lowest BCUT2D eigenvalue weighted by Gasteiger charge is -2.28. The molecule has 0 unspecified atom stereocenters. The minimum Gasteiger partial charge on any atom is -0.508 e. The van der Waals surface area contributed by atoms with Crippen LogP contribution in [0.3, 0.4) is 0 Å². The topological polar surface area (TPSA) is 140 Å². The van der Waals surface area contributed by atoms with Crippen molar-refractivity contribution in [1.82, 2.24) is 25.8 Å². The van der Waals surface area contributed by atoms with Gasteiger partial charge in [0, 0.05) is 26.1 Å². The highest BCUT2D eigenvalue weighted by atomic mass is 16.5. The number of nitrogens with one attached hydrogen (secondary N) is 3. The largest absolute Gasteiger partial charge is 0.508 e. The molecule has 0 bridgehead atoms. The Balaban J connectivity index is 1.62. The van der Waals surface area contributed by atoms with Crippen molar-refractivity contribution in [3.63, 3.8) is 0 Å². The van der Waals surface area contributed by atoms with Crippen LogP contribution in [0.25, 0.3) is 0 Å². The summed E-state index contributed by atoms with van der Waals surface area (Å²) in [5, 5.41) is 18.0. The van der Waals surface area contributed by atoms with Gasteiger partial charge in [0.2, 0.25) is 17.7 Å². The third-order valence-corrected chi connectivity index (χ3v) is 7.06. The first kappa shape index (κ1) is 28.9. The van der Waals surface area contributed by atoms with Crippen LogP contribution in [0.15, 0.2) is 48.5 Å². The number of phenolic OH excluding ortho intramolecular Hbond substituents is 1. The predicted molar refractivity (Wildman–Crippen MR) is 148 cm³/mol. The number of benzene rings is 2. The Morgan fingerprint density at radius 2 is 1.73 bits per heavy atom. The van der Waals surface area contributed by atoms with Crippen LogP contribution in [0.4, 0.5) is 0 Å². The fourth-order valence-corrected chi connectivity index (χ4v) is 4.82. The van der Waals surface area contributed by atoms with Crippen molar-refractivity contribution < 1.29 is 29.0 Å². The molecule has 4 amide bonds. The van der Waals surface area contributed by atoms with E-state index in [0.29, 0.717) is 25.4 Å². The molecule has 11 nitrogen and oxygen atoms in total. The summed E-state index contributed by atoms with van der Waals surface area (Å²) in [6.45, 7) is 4.37. The molecule has 1 saturated heterocycles. The van der Waals surface area contributed by atoms with E-state index in [1.54, 1.807) is 48.2 Å². The first-order chi connectivity index (χ1) is 19.2. The van der Waals surface area contributed by atoms with E-state index in [-0.39, 0.29) is 36.7 Å². The lowest BCUT2D eigenvalue weighted by atomic mass is 10.0. The molecular weight excluding hydrogens is 514 g/mol. The van der Waals surface area contributed by atoms with Gasteiger partial charge in [0.05, 0.1) is 18.0 Å². The Bertz CT molecular complexity index is 1220. The van der Waals surface area contributed by atoms with E-state index < -0.39 is 35.8 Å². The Morgan fingerprint density at radius 1 is 0.975 bits per heavy atom. The first-order valence-corrected chi connectivity index (χ1v) is 13.6. The fourth-order valence-electron chi connectivity index (χ4n) is 4.82. The highest BCUT2D eigenvalue weighted by Crippen LogP contribution is 2.19. The average Bonchev–Trinajstić information content (AvgIpc) is 3.15. The molecule has 0 aromatic heterocycles. The number of para-hydroxylation sites is 1. The summed E-state index contributed by atoms with van der Waals surface area (Å²) < 4.78 is 5.90. The van der Waals surface area contributed by atoms with Crippen molar-refractivity contribution in [2.24, 2.45) is 0 Å². The summed E-state index contributed by atoms with van der Waals surface area (Å²) in [6.07, 6.45) is 0.603. The number of phenols is 1. The predicted octanol–water partition coefficient (Wildman–Crippen LogP) is 0.669. The number of carbonyl (C=O) groups excluding carboxylic acids is 4. The molecule has 0 saturated carbocycles. The maximum absolute atomic E-state index is 13.6. The number of hydrogen-bond donors (Lipinski definition) is 4. The number of likely N-dealkylation sites (N-methyl/N-ethyl adjacent to an activating group) is 1. The lowest BCUT2D eigenvalue weighted by Crippen LogP contribution is -2.55. The van der Waals surface area contributed by atoms with Gasteiger partial charge in [-0.1, -0.05) is 24.3 Å². The van der Waals surface area contributed by atoms with Crippen LogP contribution in [0.2, 0.25) is 0 Å². The second-order valence-corrected chi connectivity index (χ2v) is 10.4. The summed E-state index contributed by atoms with van der Waals surface area (Å²) in [4.78, 5) is 57.4. The first-order valence-electron chi connectivity index (χ1n) is 13.6. The van der Waals surface area contributed by atoms with Gasteiger partial charge in [0.1, 0.15) is 30.2 Å². The molecule has 0 spiro atoms. The molecule has 2 aromatic rings. The molecule has 4 rings (SSSR count). The van der Waals surface area contributed by atoms with Crippen LogP contribution >= 0.6 is 0 Å². The van der Waals surface area contributed by atoms with Gasteiger partial charge in [0.25, 0.3) is 5.91 Å². The average molecular weight is 552 g/mol. The van der Waals surface area contributed by atoms with Crippen LogP contribution in [0.5, 0.6) is 11.5 Å². The molecule has 2 aromatic carbocycles. The molecule has 40 heavy (non-hydrogen) atoms. The van der Waals surface area contributed by atoms with Crippen molar-refractivity contribution in [2.75, 3.05) is 39.8 Å². The third-order valence-electron chi connectivity index (χ3n) is 7.06. The van der Waals surface area contributed by atoms with Crippen LogP contribution in [0, 0.1) is 0 Å². The second-order valence-electron chi connectivity index (χ2n) is 10.4. The van der Waals surface area contributed by atoms with E-state index in [4.69, 9.17) is 4.74 Å². The molecule has 11 heteroatoms. The molecule has 214 valence electrons. The Labute approximate surface area is 233 Å². The highest BCUT2D eigenvalue weighted by molar-refractivity contribution is 6.01. The van der Waals surface area contributed by atoms with Gasteiger partial charge in [-0.05, 0) is 56.8 Å². The quantitative estimate of drug-likeness (QED) is 0.440. The summed E-state index contributed by atoms with van der Waals surface area (Å²) >= 11 is 0. The zero-order chi connectivity index (χ0) is 28.6. The summed E-state index contributed by atoms with van der Waals surface area (Å²) in [7, 11) is 1.99. The number of ether oxygens (including phenoxy) is 1. The minimum atomic E-state index is -1.14. The Hall–Kier alpha value is -4.12. The summed E-state index contributed by atoms with van der Waals surface area (Å²) in [6, 6.07) is 10.5. The standard InChI is InChI=1S/C29H37N5O6/c1-19-18-40-25-7-4-3-6-22(25)27(37)32-24(29(39)34-13-5-12-33(2)14-15-34)17-26(36)31-23(28(38)30-19)16-20-8-10-21(35)11-9-20/h3-4,6-11,19,23-24,35H,5,12-18H2,1-2H3,(H,30,38)(H,31,36)(H,32,37)/t19-,23+,24+/m1/s1. The molecule has 2 aliphatic rings. The van der Waals surface area contributed by atoms with Gasteiger partial charge in [-0.2, -0.15) is 0 Å². The molecule has 0 radical (unpaired) electrons. The maximum atomic E-state index is 13.6. The fraction of sp³-hybridized carbons (Fsp3) is 0.448. The van der Waals surface area contributed by atoms with E-state index >= 15 is 0 Å². The number of fused-ring (bicyclic) bond motifs is 1. The molecule has 1 fully saturated rings. The number of aromatic hydroxyl groups is 1. The van der Waals surface area contributed by atoms with E-state index in [9.17, 15) is 24.3 Å². The van der Waals surface area contributed by atoms with E-state index in [0.717, 1.165) is 18.5 Å². The molecule has 4 N–H and O–H groups in total. The molecule has 3 atom stereocenters. The maximum Gasteiger partial charge on any atom is 0.255 e. The van der Waals surface area contributed by atoms with Crippen LogP contribution in [-0.4, -0.2) is 96.5 Å². The van der Waals surface area contributed by atoms with Crippen LogP contribution in [0.1, 0.15) is 35.7 Å². The summed E-state index contributed by atoms with van der Waals surface area (Å²) in [5.74, 6) is -1.43. The number of nitrogens with zero attached hydrogens (tertiary/aromatic N) is 2. The van der Waals surface area contributed by atoms with Gasteiger partial charge in [0.15, 0.2) is 0 Å². The smallest absolute Gasteiger partial charge is 0.255 e. The number of amides is 4. The van der Waals surface area contributed by atoms with Crippen molar-refractivity contribution in [1.29, 1.82) is 0 Å². The minimum absolute atomic E-state index is 0.0829. The zero-order valence-electron chi connectivity index (χ0n) is 22.9. The number of rotatable bonds is 3. The van der Waals surface area contributed by atoms with E-state index in [1.807, 2.05) is 7.05 Å². The number of carbonyl (C=O) groups is 4. The molecule has 2 aliphatic heterocycles. The second kappa shape index (κ2) is 13.3. The van der Waals surface area contributed by atoms with Crippen molar-refractivity contribution in [2.45, 2.75) is 44.3 Å². The summed E-state index contributed by atoms with van der Waals surface area (Å²) in [5.41, 5.74) is 0.962. The van der Waals surface area contributed by atoms with E-state index in [2.05, 4.69) is 20.9 Å². The zero-order valence-corrected chi connectivity index (χ0v) is 22.9. The van der Waals surface area contributed by atoms with Gasteiger partial charge < -0.3 is 35.6 Å². The highest BCUT2D eigenvalue weighted by Gasteiger charge is 2.32. The van der Waals surface area contributed by atoms with Gasteiger partial charge in [-0.25, -0.2) is 0 Å². The van der Waals surface area contributed by atoms with E-state index in [1.165, 1.54) is 12.1 Å². The normalized spacial score (nSPS) is 23.4.